The van der Waals surface area contributed by atoms with E-state index in [1.807, 2.05) is 53.1 Å². The van der Waals surface area contributed by atoms with Crippen LogP contribution in [0.15, 0.2) is 212 Å². The van der Waals surface area contributed by atoms with E-state index in [1.165, 1.54) is 9.13 Å². The predicted octanol–water partition coefficient (Wildman–Crippen LogP) is 14.3. The predicted molar refractivity (Wildman–Crippen MR) is 240 cm³/mol. The maximum absolute atomic E-state index is 10.1. The van der Waals surface area contributed by atoms with Crippen molar-refractivity contribution in [3.63, 3.8) is 0 Å². The molecule has 3 nitrogen and oxygen atoms in total. The molecule has 12 rings (SSSR count). The van der Waals surface area contributed by atoms with Crippen LogP contribution in [0.25, 0.3) is 105 Å². The Balaban J connectivity index is 1.21. The first-order valence-electron chi connectivity index (χ1n) is 26.3. The molecule has 266 valence electrons. The first-order valence-corrected chi connectivity index (χ1v) is 18.3. The van der Waals surface area contributed by atoms with Gasteiger partial charge in [0.15, 0.2) is 0 Å². The van der Waals surface area contributed by atoms with Gasteiger partial charge >= 0.3 is 0 Å². The van der Waals surface area contributed by atoms with Crippen LogP contribution in [0.4, 0.5) is 0 Å². The second-order valence-electron chi connectivity index (χ2n) is 13.7. The quantitative estimate of drug-likeness (QED) is 0.167. The lowest BCUT2D eigenvalue weighted by atomic mass is 10.0. The fraction of sp³-hybridized carbons (Fsp3) is 0. The molecule has 3 heterocycles. The van der Waals surface area contributed by atoms with E-state index in [1.54, 1.807) is 66.7 Å². The number of fused-ring (bicyclic) bond motifs is 9. The van der Waals surface area contributed by atoms with Crippen molar-refractivity contribution in [2.45, 2.75) is 0 Å². The molecule has 0 aliphatic carbocycles. The Labute approximate surface area is 352 Å². The topological polar surface area (TPSA) is 14.8 Å². The molecule has 0 aliphatic rings. The summed E-state index contributed by atoms with van der Waals surface area (Å²) in [7, 11) is 0. The van der Waals surface area contributed by atoms with Crippen molar-refractivity contribution in [3.8, 4) is 39.3 Å². The molecule has 0 saturated carbocycles. The molecule has 3 heteroatoms. The van der Waals surface area contributed by atoms with E-state index in [2.05, 4.69) is 0 Å². The lowest BCUT2D eigenvalue weighted by Gasteiger charge is -2.12. The van der Waals surface area contributed by atoms with Crippen molar-refractivity contribution in [3.05, 3.63) is 212 Å². The van der Waals surface area contributed by atoms with Crippen LogP contribution in [0.2, 0.25) is 0 Å². The molecule has 57 heavy (non-hydrogen) atoms. The average molecular weight is 742 g/mol. The molecule has 0 bridgehead atoms. The Kier molecular flexibility index (Phi) is 4.33. The zero-order valence-electron chi connectivity index (χ0n) is 45.8. The van der Waals surface area contributed by atoms with E-state index in [0.29, 0.717) is 39.9 Å². The Morgan fingerprint density at radius 2 is 0.860 bits per heavy atom. The minimum Gasteiger partial charge on any atom is -0.309 e. The SMILES string of the molecule is [2H]c1ccc(-c2cccc(-n3c4c([2H])c([2H])c([2H])c([2H])c4c4c([2H])c(-c5c([2H])c([2H])c6c(c5[2H])c5c([2H])c([2H])c([2H])c([2H])c5n6-c5cccc6c5c5ccccc5n6-c5ccc([2H])cc5)c([2H])c([2H])c43)c2)cc1. The number of benzene rings is 9. The number of nitrogens with zero attached hydrogens (tertiary/aromatic N) is 3. The fourth-order valence-electron chi connectivity index (χ4n) is 8.17. The Morgan fingerprint density at radius 3 is 1.60 bits per heavy atom. The van der Waals surface area contributed by atoms with Crippen molar-refractivity contribution >= 4 is 65.4 Å². The van der Waals surface area contributed by atoms with Gasteiger partial charge in [-0.3, -0.25) is 0 Å². The van der Waals surface area contributed by atoms with Crippen LogP contribution < -0.4 is 0 Å². The zero-order chi connectivity index (χ0) is 51.4. The summed E-state index contributed by atoms with van der Waals surface area (Å²) in [5, 5.41) is 0.709. The molecule has 0 radical (unpaired) electrons. The third-order valence-corrected chi connectivity index (χ3v) is 10.6. The molecule has 0 unspecified atom stereocenters. The van der Waals surface area contributed by atoms with E-state index < -0.39 is 95.7 Å². The molecule has 3 aromatic heterocycles. The van der Waals surface area contributed by atoms with Crippen LogP contribution >= 0.6 is 0 Å². The van der Waals surface area contributed by atoms with Gasteiger partial charge in [-0.05, 0) is 101 Å². The number of hydrogen-bond donors (Lipinski definition) is 0. The Bertz CT molecular complexity index is 4440. The van der Waals surface area contributed by atoms with E-state index in [-0.39, 0.29) is 43.6 Å². The van der Waals surface area contributed by atoms with Crippen LogP contribution in [-0.4, -0.2) is 13.7 Å². The largest absolute Gasteiger partial charge is 0.309 e. The molecule has 0 amide bonds. The Morgan fingerprint density at radius 1 is 0.316 bits per heavy atom. The van der Waals surface area contributed by atoms with Crippen molar-refractivity contribution < 1.29 is 21.9 Å². The monoisotopic (exact) mass is 741 g/mol. The Hall–Kier alpha value is -7.62. The first kappa shape index (κ1) is 19.8. The highest BCUT2D eigenvalue weighted by Crippen LogP contribution is 2.42. The third-order valence-electron chi connectivity index (χ3n) is 10.6. The standard InChI is InChI=1S/C54H35N3/c1-3-15-36(16-4-1)37-17-13-20-41(33-37)56-47-24-10-7-21-42(47)45-34-38(29-31-50(45)56)39-30-32-51-46(35-39)43-22-8-11-25-48(43)57(51)53-28-14-27-52-54(53)44-23-9-12-26-49(44)55(52)40-18-5-2-6-19-40/h1-35H/i1D,2D,7D,8D,10D,11D,21D,22D,24D,25D,29D,30D,31D,32D,34D,35D. The molecule has 0 atom stereocenters. The van der Waals surface area contributed by atoms with Gasteiger partial charge in [-0.25, -0.2) is 0 Å². The summed E-state index contributed by atoms with van der Waals surface area (Å²) in [4.78, 5) is 0. The van der Waals surface area contributed by atoms with Crippen LogP contribution in [0, 0.1) is 0 Å². The van der Waals surface area contributed by atoms with Gasteiger partial charge in [-0.1, -0.05) is 133 Å². The van der Waals surface area contributed by atoms with Crippen LogP contribution in [0.1, 0.15) is 21.9 Å². The minimum absolute atomic E-state index is 0.0879. The van der Waals surface area contributed by atoms with Gasteiger partial charge in [0.25, 0.3) is 0 Å². The van der Waals surface area contributed by atoms with Crippen molar-refractivity contribution in [1.29, 1.82) is 0 Å². The van der Waals surface area contributed by atoms with Gasteiger partial charge in [-0.2, -0.15) is 0 Å². The molecule has 0 fully saturated rings. The third kappa shape index (κ3) is 4.79. The normalized spacial score (nSPS) is 15.8. The van der Waals surface area contributed by atoms with Gasteiger partial charge < -0.3 is 13.7 Å². The highest BCUT2D eigenvalue weighted by Gasteiger charge is 2.20. The number of para-hydroxylation sites is 4. The lowest BCUT2D eigenvalue weighted by Crippen LogP contribution is -1.96. The summed E-state index contributed by atoms with van der Waals surface area (Å²) in [6.07, 6.45) is 0. The highest BCUT2D eigenvalue weighted by molar-refractivity contribution is 6.17. The van der Waals surface area contributed by atoms with Crippen LogP contribution in [0.3, 0.4) is 0 Å². The van der Waals surface area contributed by atoms with E-state index in [0.717, 1.165) is 22.2 Å². The molecule has 12 aromatic rings. The van der Waals surface area contributed by atoms with Gasteiger partial charge in [0, 0.05) is 43.7 Å². The molecular formula is C54H35N3. The average Bonchev–Trinajstić information content (AvgIpc) is 4.07. The molecular weight excluding hydrogens is 691 g/mol. The molecule has 0 aliphatic heterocycles. The molecule has 0 spiro atoms. The summed E-state index contributed by atoms with van der Waals surface area (Å²) < 4.78 is 152. The van der Waals surface area contributed by atoms with Gasteiger partial charge in [-0.15, -0.1) is 0 Å². The lowest BCUT2D eigenvalue weighted by molar-refractivity contribution is 1.17. The van der Waals surface area contributed by atoms with Gasteiger partial charge in [0.05, 0.1) is 60.7 Å². The van der Waals surface area contributed by atoms with Crippen LogP contribution in [-0.2, 0) is 0 Å². The summed E-state index contributed by atoms with van der Waals surface area (Å²) in [5.74, 6) is 0. The minimum atomic E-state index is -0.653. The van der Waals surface area contributed by atoms with E-state index >= 15 is 0 Å². The van der Waals surface area contributed by atoms with Gasteiger partial charge in [0.1, 0.15) is 0 Å². The van der Waals surface area contributed by atoms with Crippen molar-refractivity contribution in [1.82, 2.24) is 13.7 Å². The maximum Gasteiger partial charge on any atom is 0.0645 e. The van der Waals surface area contributed by atoms with Crippen molar-refractivity contribution in [2.24, 2.45) is 0 Å². The molecule has 0 saturated heterocycles. The number of rotatable bonds is 5. The summed E-state index contributed by atoms with van der Waals surface area (Å²) in [6.45, 7) is 0. The van der Waals surface area contributed by atoms with Gasteiger partial charge in [0.2, 0.25) is 0 Å². The second kappa shape index (κ2) is 12.5. The summed E-state index contributed by atoms with van der Waals surface area (Å²) in [6, 6.07) is 26.2. The van der Waals surface area contributed by atoms with Crippen molar-refractivity contribution in [2.75, 3.05) is 0 Å². The molecule has 0 N–H and O–H groups in total. The smallest absolute Gasteiger partial charge is 0.0645 e. The molecule has 9 aromatic carbocycles. The number of aromatic nitrogens is 3. The summed E-state index contributed by atoms with van der Waals surface area (Å²) >= 11 is 0. The van der Waals surface area contributed by atoms with Crippen LogP contribution in [0.5, 0.6) is 0 Å². The maximum atomic E-state index is 10.1. The fourth-order valence-corrected chi connectivity index (χ4v) is 8.17. The highest BCUT2D eigenvalue weighted by atomic mass is 15.0. The summed E-state index contributed by atoms with van der Waals surface area (Å²) in [5.41, 5.74) is 2.97. The van der Waals surface area contributed by atoms with E-state index in [4.69, 9.17) is 8.22 Å². The first-order chi connectivity index (χ1) is 34.9. The zero-order valence-corrected chi connectivity index (χ0v) is 29.8. The van der Waals surface area contributed by atoms with E-state index in [9.17, 15) is 13.7 Å². The second-order valence-corrected chi connectivity index (χ2v) is 13.7. The number of hydrogen-bond acceptors (Lipinski definition) is 0.